The fourth-order valence-electron chi connectivity index (χ4n) is 2.07. The van der Waals surface area contributed by atoms with Crippen molar-refractivity contribution in [2.45, 2.75) is 33.5 Å². The monoisotopic (exact) mass is 256 g/mol. The summed E-state index contributed by atoms with van der Waals surface area (Å²) in [7, 11) is 0. The molecule has 2 aromatic carbocycles. The van der Waals surface area contributed by atoms with Gasteiger partial charge in [0.2, 0.25) is 0 Å². The molecule has 0 unspecified atom stereocenters. The van der Waals surface area contributed by atoms with Gasteiger partial charge in [-0.3, -0.25) is 0 Å². The van der Waals surface area contributed by atoms with E-state index in [4.69, 9.17) is 4.74 Å². The van der Waals surface area contributed by atoms with Crippen LogP contribution in [0.5, 0.6) is 5.75 Å². The number of hydrogen-bond acceptors (Lipinski definition) is 2. The van der Waals surface area contributed by atoms with Gasteiger partial charge < -0.3 is 9.84 Å². The highest BCUT2D eigenvalue weighted by Crippen LogP contribution is 2.24. The Labute approximate surface area is 114 Å². The van der Waals surface area contributed by atoms with Gasteiger partial charge in [-0.2, -0.15) is 0 Å². The maximum Gasteiger partial charge on any atom is 0.128 e. The maximum atomic E-state index is 9.33. The Morgan fingerprint density at radius 1 is 1.00 bits per heavy atom. The zero-order chi connectivity index (χ0) is 13.7. The highest BCUT2D eigenvalue weighted by atomic mass is 16.5. The van der Waals surface area contributed by atoms with Crippen LogP contribution in [0.15, 0.2) is 42.5 Å². The molecule has 2 heteroatoms. The first-order valence-corrected chi connectivity index (χ1v) is 6.64. The van der Waals surface area contributed by atoms with E-state index in [-0.39, 0.29) is 6.61 Å². The molecule has 0 amide bonds. The number of rotatable bonds is 5. The lowest BCUT2D eigenvalue weighted by atomic mass is 10.1. The number of aryl methyl sites for hydroxylation is 2. The second kappa shape index (κ2) is 6.39. The van der Waals surface area contributed by atoms with Gasteiger partial charge >= 0.3 is 0 Å². The molecule has 0 aromatic heterocycles. The van der Waals surface area contributed by atoms with E-state index in [0.29, 0.717) is 6.61 Å². The lowest BCUT2D eigenvalue weighted by molar-refractivity contribution is 0.258. The van der Waals surface area contributed by atoms with Gasteiger partial charge in [-0.15, -0.1) is 0 Å². The Morgan fingerprint density at radius 2 is 1.68 bits per heavy atom. The molecule has 2 rings (SSSR count). The summed E-state index contributed by atoms with van der Waals surface area (Å²) in [5, 5.41) is 9.33. The zero-order valence-corrected chi connectivity index (χ0v) is 11.5. The minimum Gasteiger partial charge on any atom is -0.488 e. The lowest BCUT2D eigenvalue weighted by Gasteiger charge is -2.13. The molecule has 0 bridgehead atoms. The largest absolute Gasteiger partial charge is 0.488 e. The lowest BCUT2D eigenvalue weighted by Crippen LogP contribution is -2.00. The van der Waals surface area contributed by atoms with Crippen LogP contribution in [0.25, 0.3) is 0 Å². The number of hydrogen-bond donors (Lipinski definition) is 1. The highest BCUT2D eigenvalue weighted by molar-refractivity contribution is 5.40. The fourth-order valence-corrected chi connectivity index (χ4v) is 2.07. The third-order valence-corrected chi connectivity index (χ3v) is 3.28. The Morgan fingerprint density at radius 3 is 2.32 bits per heavy atom. The first-order chi connectivity index (χ1) is 9.24. The molecule has 19 heavy (non-hydrogen) atoms. The second-order valence-electron chi connectivity index (χ2n) is 4.68. The molecule has 1 N–H and O–H groups in total. The number of ether oxygens (including phenoxy) is 1. The zero-order valence-electron chi connectivity index (χ0n) is 11.5. The standard InChI is InChI=1S/C17H20O2/c1-3-14-7-9-15(10-8-14)12-19-17-13(2)5-4-6-16(17)11-18/h4-10,18H,3,11-12H2,1-2H3. The van der Waals surface area contributed by atoms with Crippen molar-refractivity contribution in [1.29, 1.82) is 0 Å². The first-order valence-electron chi connectivity index (χ1n) is 6.64. The Balaban J connectivity index is 2.09. The molecule has 0 heterocycles. The molecule has 0 aliphatic heterocycles. The van der Waals surface area contributed by atoms with Gasteiger partial charge in [-0.05, 0) is 30.0 Å². The summed E-state index contributed by atoms with van der Waals surface area (Å²) < 4.78 is 5.86. The Bertz CT molecular complexity index is 529. The van der Waals surface area contributed by atoms with Gasteiger partial charge in [-0.1, -0.05) is 49.4 Å². The van der Waals surface area contributed by atoms with E-state index < -0.39 is 0 Å². The predicted octanol–water partition coefficient (Wildman–Crippen LogP) is 3.63. The number of aliphatic hydroxyl groups excluding tert-OH is 1. The van der Waals surface area contributed by atoms with Crippen LogP contribution in [-0.2, 0) is 19.6 Å². The summed E-state index contributed by atoms with van der Waals surface area (Å²) in [5.74, 6) is 0.796. The summed E-state index contributed by atoms with van der Waals surface area (Å²) in [5.41, 5.74) is 4.36. The third kappa shape index (κ3) is 3.36. The molecule has 2 nitrogen and oxygen atoms in total. The van der Waals surface area contributed by atoms with Gasteiger partial charge in [0.05, 0.1) is 6.61 Å². The van der Waals surface area contributed by atoms with Crippen molar-refractivity contribution in [3.05, 3.63) is 64.7 Å². The second-order valence-corrected chi connectivity index (χ2v) is 4.68. The van der Waals surface area contributed by atoms with Crippen molar-refractivity contribution in [1.82, 2.24) is 0 Å². The molecule has 2 aromatic rings. The quantitative estimate of drug-likeness (QED) is 0.885. The average Bonchev–Trinajstić information content (AvgIpc) is 2.46. The van der Waals surface area contributed by atoms with Gasteiger partial charge in [0.25, 0.3) is 0 Å². The van der Waals surface area contributed by atoms with Crippen molar-refractivity contribution in [2.75, 3.05) is 0 Å². The SMILES string of the molecule is CCc1ccc(COc2c(C)cccc2CO)cc1. The van der Waals surface area contributed by atoms with Crippen molar-refractivity contribution in [2.24, 2.45) is 0 Å². The van der Waals surface area contributed by atoms with Gasteiger partial charge in [0, 0.05) is 5.56 Å². The molecule has 0 radical (unpaired) electrons. The molecular weight excluding hydrogens is 236 g/mol. The number of para-hydroxylation sites is 1. The number of aliphatic hydroxyl groups is 1. The highest BCUT2D eigenvalue weighted by Gasteiger charge is 2.06. The van der Waals surface area contributed by atoms with E-state index in [9.17, 15) is 5.11 Å². The van der Waals surface area contributed by atoms with Gasteiger partial charge in [0.1, 0.15) is 12.4 Å². The molecule has 0 saturated heterocycles. The van der Waals surface area contributed by atoms with E-state index in [1.807, 2.05) is 25.1 Å². The van der Waals surface area contributed by atoms with Crippen LogP contribution in [0.2, 0.25) is 0 Å². The smallest absolute Gasteiger partial charge is 0.128 e. The van der Waals surface area contributed by atoms with Crippen molar-refractivity contribution in [3.63, 3.8) is 0 Å². The molecule has 0 atom stereocenters. The van der Waals surface area contributed by atoms with Gasteiger partial charge in [0.15, 0.2) is 0 Å². The summed E-state index contributed by atoms with van der Waals surface area (Å²) in [4.78, 5) is 0. The maximum absolute atomic E-state index is 9.33. The Hall–Kier alpha value is -1.80. The molecule has 0 saturated carbocycles. The van der Waals surface area contributed by atoms with Crippen LogP contribution in [0.4, 0.5) is 0 Å². The van der Waals surface area contributed by atoms with Crippen LogP contribution in [0, 0.1) is 6.92 Å². The normalized spacial score (nSPS) is 10.5. The van der Waals surface area contributed by atoms with E-state index in [1.54, 1.807) is 0 Å². The van der Waals surface area contributed by atoms with Crippen molar-refractivity contribution < 1.29 is 9.84 Å². The average molecular weight is 256 g/mol. The van der Waals surface area contributed by atoms with E-state index >= 15 is 0 Å². The number of benzene rings is 2. The molecule has 0 spiro atoms. The summed E-state index contributed by atoms with van der Waals surface area (Å²) >= 11 is 0. The van der Waals surface area contributed by atoms with Gasteiger partial charge in [-0.25, -0.2) is 0 Å². The van der Waals surface area contributed by atoms with Crippen LogP contribution in [0.3, 0.4) is 0 Å². The predicted molar refractivity (Wildman–Crippen MR) is 77.3 cm³/mol. The molecule has 0 aliphatic rings. The summed E-state index contributed by atoms with van der Waals surface area (Å²) in [6, 6.07) is 14.3. The Kier molecular flexibility index (Phi) is 4.58. The third-order valence-electron chi connectivity index (χ3n) is 3.28. The van der Waals surface area contributed by atoms with E-state index in [2.05, 4.69) is 31.2 Å². The van der Waals surface area contributed by atoms with E-state index in [1.165, 1.54) is 5.56 Å². The molecule has 0 fully saturated rings. The van der Waals surface area contributed by atoms with Crippen LogP contribution in [0.1, 0.15) is 29.2 Å². The first kappa shape index (κ1) is 13.6. The van der Waals surface area contributed by atoms with Crippen molar-refractivity contribution in [3.8, 4) is 5.75 Å². The topological polar surface area (TPSA) is 29.5 Å². The minimum atomic E-state index is 0.00574. The van der Waals surface area contributed by atoms with Crippen LogP contribution in [-0.4, -0.2) is 5.11 Å². The van der Waals surface area contributed by atoms with E-state index in [0.717, 1.165) is 28.9 Å². The summed E-state index contributed by atoms with van der Waals surface area (Å²) in [6.07, 6.45) is 1.05. The minimum absolute atomic E-state index is 0.00574. The molecule has 0 aliphatic carbocycles. The molecular formula is C17H20O2. The van der Waals surface area contributed by atoms with Crippen LogP contribution < -0.4 is 4.74 Å². The van der Waals surface area contributed by atoms with Crippen LogP contribution >= 0.6 is 0 Å². The van der Waals surface area contributed by atoms with Crippen molar-refractivity contribution >= 4 is 0 Å². The molecule has 100 valence electrons. The fraction of sp³-hybridized carbons (Fsp3) is 0.294. The summed E-state index contributed by atoms with van der Waals surface area (Å²) in [6.45, 7) is 4.68.